The molecule has 1 unspecified atom stereocenters. The maximum atomic E-state index is 8.92. The van der Waals surface area contributed by atoms with E-state index >= 15 is 0 Å². The molecule has 1 aliphatic heterocycles. The molecule has 0 saturated carbocycles. The normalized spacial score (nSPS) is 21.7. The number of likely N-dealkylation sites (tertiary alicyclic amines) is 1. The number of hydrogen-bond acceptors (Lipinski definition) is 4. The molecule has 0 radical (unpaired) electrons. The molecule has 4 rings (SSSR count). The SMILES string of the molecule is OCCCc1cn(CC2CCN(C3CCc4ccccc4C3)CC2)nn1. The minimum Gasteiger partial charge on any atom is -0.396 e. The lowest BCUT2D eigenvalue weighted by Gasteiger charge is -2.39. The van der Waals surface area contributed by atoms with Crippen molar-refractivity contribution >= 4 is 0 Å². The van der Waals surface area contributed by atoms with Gasteiger partial charge in [-0.15, -0.1) is 5.10 Å². The van der Waals surface area contributed by atoms with Crippen molar-refractivity contribution in [2.75, 3.05) is 19.7 Å². The van der Waals surface area contributed by atoms with Gasteiger partial charge in [0, 0.05) is 25.4 Å². The first-order chi connectivity index (χ1) is 12.8. The number of aromatic nitrogens is 3. The van der Waals surface area contributed by atoms with Gasteiger partial charge in [-0.3, -0.25) is 4.68 Å². The van der Waals surface area contributed by atoms with Crippen LogP contribution < -0.4 is 0 Å². The highest BCUT2D eigenvalue weighted by atomic mass is 16.2. The summed E-state index contributed by atoms with van der Waals surface area (Å²) in [5.74, 6) is 0.703. The Morgan fingerprint density at radius 1 is 1.08 bits per heavy atom. The lowest BCUT2D eigenvalue weighted by molar-refractivity contribution is 0.114. The minimum absolute atomic E-state index is 0.219. The maximum Gasteiger partial charge on any atom is 0.0828 e. The van der Waals surface area contributed by atoms with Gasteiger partial charge in [-0.1, -0.05) is 29.5 Å². The molecule has 1 atom stereocenters. The number of aliphatic hydroxyl groups excluding tert-OH is 1. The highest BCUT2D eigenvalue weighted by Gasteiger charge is 2.28. The highest BCUT2D eigenvalue weighted by molar-refractivity contribution is 5.30. The van der Waals surface area contributed by atoms with Crippen LogP contribution in [0.3, 0.4) is 0 Å². The van der Waals surface area contributed by atoms with E-state index in [1.165, 1.54) is 45.2 Å². The molecule has 2 aliphatic rings. The van der Waals surface area contributed by atoms with E-state index in [-0.39, 0.29) is 6.61 Å². The molecule has 2 heterocycles. The smallest absolute Gasteiger partial charge is 0.0828 e. The predicted octanol–water partition coefficient (Wildman–Crippen LogP) is 2.47. The van der Waals surface area contributed by atoms with Crippen LogP contribution in [0.4, 0.5) is 0 Å². The van der Waals surface area contributed by atoms with Crippen molar-refractivity contribution < 1.29 is 5.11 Å². The molecule has 1 fully saturated rings. The first kappa shape index (κ1) is 17.7. The largest absolute Gasteiger partial charge is 0.396 e. The van der Waals surface area contributed by atoms with E-state index in [0.717, 1.165) is 31.1 Å². The van der Waals surface area contributed by atoms with Gasteiger partial charge in [0.25, 0.3) is 0 Å². The Labute approximate surface area is 156 Å². The zero-order chi connectivity index (χ0) is 17.8. The number of piperidine rings is 1. The van der Waals surface area contributed by atoms with Crippen LogP contribution in [0, 0.1) is 5.92 Å². The molecule has 26 heavy (non-hydrogen) atoms. The Morgan fingerprint density at radius 2 is 1.88 bits per heavy atom. The number of nitrogens with zero attached hydrogens (tertiary/aromatic N) is 4. The van der Waals surface area contributed by atoms with Crippen molar-refractivity contribution in [3.8, 4) is 0 Å². The third kappa shape index (κ3) is 4.15. The van der Waals surface area contributed by atoms with E-state index in [2.05, 4.69) is 45.7 Å². The van der Waals surface area contributed by atoms with Crippen molar-refractivity contribution in [1.82, 2.24) is 19.9 Å². The number of aryl methyl sites for hydroxylation is 2. The quantitative estimate of drug-likeness (QED) is 0.866. The molecule has 140 valence electrons. The van der Waals surface area contributed by atoms with Crippen LogP contribution in [-0.4, -0.2) is 50.7 Å². The molecule has 0 amide bonds. The van der Waals surface area contributed by atoms with Crippen LogP contribution in [0.5, 0.6) is 0 Å². The fourth-order valence-electron chi connectivity index (χ4n) is 4.56. The Balaban J connectivity index is 1.26. The zero-order valence-electron chi connectivity index (χ0n) is 15.6. The van der Waals surface area contributed by atoms with Crippen molar-refractivity contribution in [3.05, 3.63) is 47.3 Å². The van der Waals surface area contributed by atoms with Gasteiger partial charge in [0.05, 0.1) is 5.69 Å². The Bertz CT molecular complexity index is 706. The molecule has 5 heteroatoms. The molecule has 1 saturated heterocycles. The topological polar surface area (TPSA) is 54.2 Å². The van der Waals surface area contributed by atoms with Gasteiger partial charge >= 0.3 is 0 Å². The van der Waals surface area contributed by atoms with Gasteiger partial charge in [0.1, 0.15) is 0 Å². The second-order valence-corrected chi connectivity index (χ2v) is 7.90. The number of fused-ring (bicyclic) bond motifs is 1. The molecular formula is C21H30N4O. The van der Waals surface area contributed by atoms with Crippen LogP contribution in [0.15, 0.2) is 30.5 Å². The summed E-state index contributed by atoms with van der Waals surface area (Å²) in [6, 6.07) is 9.69. The van der Waals surface area contributed by atoms with Crippen LogP contribution in [-0.2, 0) is 25.8 Å². The average molecular weight is 354 g/mol. The summed E-state index contributed by atoms with van der Waals surface area (Å²) in [4.78, 5) is 2.72. The van der Waals surface area contributed by atoms with Crippen LogP contribution in [0.2, 0.25) is 0 Å². The minimum atomic E-state index is 0.219. The van der Waals surface area contributed by atoms with Gasteiger partial charge in [0.2, 0.25) is 0 Å². The van der Waals surface area contributed by atoms with Crippen molar-refractivity contribution in [1.29, 1.82) is 0 Å². The molecule has 1 aliphatic carbocycles. The second-order valence-electron chi connectivity index (χ2n) is 7.90. The lowest BCUT2D eigenvalue weighted by Crippen LogP contribution is -2.44. The Hall–Kier alpha value is -1.72. The van der Waals surface area contributed by atoms with Crippen LogP contribution in [0.25, 0.3) is 0 Å². The Morgan fingerprint density at radius 3 is 2.69 bits per heavy atom. The van der Waals surface area contributed by atoms with Crippen molar-refractivity contribution in [2.45, 2.75) is 57.5 Å². The third-order valence-corrected chi connectivity index (χ3v) is 6.11. The molecule has 1 aromatic carbocycles. The number of benzene rings is 1. The number of aliphatic hydroxyl groups is 1. The number of rotatable bonds is 6. The third-order valence-electron chi connectivity index (χ3n) is 6.11. The molecule has 0 bridgehead atoms. The summed E-state index contributed by atoms with van der Waals surface area (Å²) in [5.41, 5.74) is 4.11. The fourth-order valence-corrected chi connectivity index (χ4v) is 4.56. The number of hydrogen-bond donors (Lipinski definition) is 1. The van der Waals surface area contributed by atoms with Crippen molar-refractivity contribution in [2.24, 2.45) is 5.92 Å². The molecule has 1 aromatic heterocycles. The van der Waals surface area contributed by atoms with E-state index in [0.29, 0.717) is 5.92 Å². The molecule has 2 aromatic rings. The summed E-state index contributed by atoms with van der Waals surface area (Å²) in [5, 5.41) is 17.4. The van der Waals surface area contributed by atoms with E-state index < -0.39 is 0 Å². The van der Waals surface area contributed by atoms with Crippen LogP contribution in [0.1, 0.15) is 42.5 Å². The molecule has 5 nitrogen and oxygen atoms in total. The summed E-state index contributed by atoms with van der Waals surface area (Å²) in [6.45, 7) is 3.62. The highest BCUT2D eigenvalue weighted by Crippen LogP contribution is 2.28. The zero-order valence-corrected chi connectivity index (χ0v) is 15.6. The maximum absolute atomic E-state index is 8.92. The summed E-state index contributed by atoms with van der Waals surface area (Å²) in [6.07, 6.45) is 9.90. The van der Waals surface area contributed by atoms with Gasteiger partial charge < -0.3 is 10.0 Å². The predicted molar refractivity (Wildman–Crippen MR) is 102 cm³/mol. The summed E-state index contributed by atoms with van der Waals surface area (Å²) >= 11 is 0. The van der Waals surface area contributed by atoms with Gasteiger partial charge in [-0.2, -0.15) is 0 Å². The molecule has 1 N–H and O–H groups in total. The van der Waals surface area contributed by atoms with E-state index in [9.17, 15) is 0 Å². The van der Waals surface area contributed by atoms with Gasteiger partial charge in [-0.25, -0.2) is 0 Å². The standard InChI is InChI=1S/C21H30N4O/c26-13-3-6-20-16-25(23-22-20)15-17-9-11-24(12-10-17)21-8-7-18-4-1-2-5-19(18)14-21/h1-2,4-5,16-17,21,26H,3,6-15H2. The van der Waals surface area contributed by atoms with E-state index in [4.69, 9.17) is 5.11 Å². The Kier molecular flexibility index (Phi) is 5.65. The van der Waals surface area contributed by atoms with Crippen molar-refractivity contribution in [3.63, 3.8) is 0 Å². The van der Waals surface area contributed by atoms with Crippen LogP contribution >= 0.6 is 0 Å². The summed E-state index contributed by atoms with van der Waals surface area (Å²) in [7, 11) is 0. The van der Waals surface area contributed by atoms with Gasteiger partial charge in [-0.05, 0) is 75.1 Å². The van der Waals surface area contributed by atoms with Gasteiger partial charge in [0.15, 0.2) is 0 Å². The second kappa shape index (κ2) is 8.31. The first-order valence-electron chi connectivity index (χ1n) is 10.1. The molecule has 0 spiro atoms. The lowest BCUT2D eigenvalue weighted by atomic mass is 9.86. The monoisotopic (exact) mass is 354 g/mol. The first-order valence-corrected chi connectivity index (χ1v) is 10.1. The molecular weight excluding hydrogens is 324 g/mol. The fraction of sp³-hybridized carbons (Fsp3) is 0.619. The average Bonchev–Trinajstić information content (AvgIpc) is 3.14. The van der Waals surface area contributed by atoms with E-state index in [1.807, 2.05) is 4.68 Å². The summed E-state index contributed by atoms with van der Waals surface area (Å²) < 4.78 is 2.00. The van der Waals surface area contributed by atoms with E-state index in [1.54, 1.807) is 11.1 Å².